The van der Waals surface area contributed by atoms with Gasteiger partial charge in [-0.3, -0.25) is 14.9 Å². The predicted octanol–water partition coefficient (Wildman–Crippen LogP) is 2.61. The standard InChI is InChI=1S/C18H18ClN3O5S/c1-28(26,27)16-7-3-6-15(17(16)22(24)25)20-8-10-21(11-9-20)18(23)13-4-2-5-14(19)12-13/h2-7,12H,8-11H2,1H3. The monoisotopic (exact) mass is 423 g/mol. The van der Waals surface area contributed by atoms with E-state index in [4.69, 9.17) is 11.6 Å². The highest BCUT2D eigenvalue weighted by Crippen LogP contribution is 2.35. The van der Waals surface area contributed by atoms with E-state index in [0.29, 0.717) is 36.8 Å². The molecule has 0 radical (unpaired) electrons. The summed E-state index contributed by atoms with van der Waals surface area (Å²) in [6.07, 6.45) is 0.945. The molecule has 1 aliphatic rings. The lowest BCUT2D eigenvalue weighted by Gasteiger charge is -2.36. The summed E-state index contributed by atoms with van der Waals surface area (Å²) in [6, 6.07) is 10.9. The van der Waals surface area contributed by atoms with Gasteiger partial charge in [0.05, 0.1) is 4.92 Å². The highest BCUT2D eigenvalue weighted by Gasteiger charge is 2.31. The lowest BCUT2D eigenvalue weighted by molar-refractivity contribution is -0.387. The molecule has 0 N–H and O–H groups in total. The van der Waals surface area contributed by atoms with E-state index in [1.165, 1.54) is 18.2 Å². The predicted molar refractivity (Wildman–Crippen MR) is 106 cm³/mol. The lowest BCUT2D eigenvalue weighted by Crippen LogP contribution is -2.49. The fourth-order valence-electron chi connectivity index (χ4n) is 3.20. The number of amides is 1. The summed E-state index contributed by atoms with van der Waals surface area (Å²) in [6.45, 7) is 1.40. The first-order chi connectivity index (χ1) is 13.2. The molecular weight excluding hydrogens is 406 g/mol. The number of anilines is 1. The van der Waals surface area contributed by atoms with Gasteiger partial charge >= 0.3 is 5.69 Å². The van der Waals surface area contributed by atoms with E-state index in [1.54, 1.807) is 34.1 Å². The molecular formula is C18H18ClN3O5S. The van der Waals surface area contributed by atoms with Gasteiger partial charge in [0.15, 0.2) is 9.84 Å². The Morgan fingerprint density at radius 2 is 1.75 bits per heavy atom. The maximum Gasteiger partial charge on any atom is 0.311 e. The number of carbonyl (C=O) groups is 1. The van der Waals surface area contributed by atoms with Gasteiger partial charge in [-0.15, -0.1) is 0 Å². The van der Waals surface area contributed by atoms with Crippen LogP contribution in [0.15, 0.2) is 47.4 Å². The molecule has 1 saturated heterocycles. The molecule has 0 saturated carbocycles. The maximum absolute atomic E-state index is 12.6. The van der Waals surface area contributed by atoms with Crippen molar-refractivity contribution in [1.82, 2.24) is 4.90 Å². The van der Waals surface area contributed by atoms with Gasteiger partial charge in [0.25, 0.3) is 5.91 Å². The van der Waals surface area contributed by atoms with Gasteiger partial charge in [0.1, 0.15) is 10.6 Å². The van der Waals surface area contributed by atoms with Gasteiger partial charge in [-0.05, 0) is 30.3 Å². The normalized spacial score (nSPS) is 14.8. The quantitative estimate of drug-likeness (QED) is 0.553. The zero-order valence-electron chi connectivity index (χ0n) is 15.0. The molecule has 0 bridgehead atoms. The molecule has 0 unspecified atom stereocenters. The smallest absolute Gasteiger partial charge is 0.311 e. The third-order valence-corrected chi connectivity index (χ3v) is 5.90. The van der Waals surface area contributed by atoms with Crippen LogP contribution in [-0.4, -0.2) is 56.6 Å². The molecule has 2 aromatic carbocycles. The number of piperazine rings is 1. The number of halogens is 1. The maximum atomic E-state index is 12.6. The molecule has 1 aliphatic heterocycles. The Morgan fingerprint density at radius 1 is 1.11 bits per heavy atom. The summed E-state index contributed by atoms with van der Waals surface area (Å²) in [7, 11) is -3.75. The summed E-state index contributed by atoms with van der Waals surface area (Å²) in [5, 5.41) is 12.0. The summed E-state index contributed by atoms with van der Waals surface area (Å²) in [5.74, 6) is -0.165. The topological polar surface area (TPSA) is 101 Å². The Labute approximate surface area is 167 Å². The molecule has 0 spiro atoms. The molecule has 1 fully saturated rings. The van der Waals surface area contributed by atoms with Crippen LogP contribution in [0.25, 0.3) is 0 Å². The van der Waals surface area contributed by atoms with E-state index in [1.807, 2.05) is 0 Å². The Hall–Kier alpha value is -2.65. The minimum absolute atomic E-state index is 0.165. The number of sulfone groups is 1. The van der Waals surface area contributed by atoms with Crippen molar-refractivity contribution in [3.63, 3.8) is 0 Å². The number of benzene rings is 2. The van der Waals surface area contributed by atoms with E-state index in [2.05, 4.69) is 0 Å². The average Bonchev–Trinajstić information content (AvgIpc) is 2.66. The Balaban J connectivity index is 1.82. The third kappa shape index (κ3) is 4.10. The summed E-state index contributed by atoms with van der Waals surface area (Å²) in [4.78, 5) is 26.6. The van der Waals surface area contributed by atoms with Crippen LogP contribution in [0.1, 0.15) is 10.4 Å². The summed E-state index contributed by atoms with van der Waals surface area (Å²) in [5.41, 5.74) is 0.286. The van der Waals surface area contributed by atoms with Crippen molar-refractivity contribution in [2.45, 2.75) is 4.90 Å². The van der Waals surface area contributed by atoms with Gasteiger partial charge in [0.2, 0.25) is 0 Å². The molecule has 148 valence electrons. The Kier molecular flexibility index (Phi) is 5.57. The van der Waals surface area contributed by atoms with E-state index in [0.717, 1.165) is 6.26 Å². The lowest BCUT2D eigenvalue weighted by atomic mass is 10.1. The van der Waals surface area contributed by atoms with Crippen LogP contribution in [0.5, 0.6) is 0 Å². The van der Waals surface area contributed by atoms with Crippen LogP contribution < -0.4 is 4.90 Å². The highest BCUT2D eigenvalue weighted by molar-refractivity contribution is 7.90. The van der Waals surface area contributed by atoms with Gasteiger partial charge in [-0.1, -0.05) is 23.7 Å². The molecule has 1 heterocycles. The van der Waals surface area contributed by atoms with Crippen LogP contribution in [0, 0.1) is 10.1 Å². The number of carbonyl (C=O) groups excluding carboxylic acids is 1. The van der Waals surface area contributed by atoms with Gasteiger partial charge in [-0.25, -0.2) is 8.42 Å². The Morgan fingerprint density at radius 3 is 2.32 bits per heavy atom. The second-order valence-electron chi connectivity index (χ2n) is 6.44. The molecule has 1 amide bonds. The van der Waals surface area contributed by atoms with Crippen molar-refractivity contribution in [2.75, 3.05) is 37.3 Å². The minimum Gasteiger partial charge on any atom is -0.362 e. The molecule has 10 heteroatoms. The van der Waals surface area contributed by atoms with Crippen molar-refractivity contribution in [1.29, 1.82) is 0 Å². The van der Waals surface area contributed by atoms with Crippen LogP contribution >= 0.6 is 11.6 Å². The third-order valence-electron chi connectivity index (χ3n) is 4.54. The molecule has 2 aromatic rings. The number of rotatable bonds is 4. The number of para-hydroxylation sites is 1. The van der Waals surface area contributed by atoms with E-state index in [9.17, 15) is 23.3 Å². The fraction of sp³-hybridized carbons (Fsp3) is 0.278. The number of hydrogen-bond donors (Lipinski definition) is 0. The zero-order valence-corrected chi connectivity index (χ0v) is 16.6. The molecule has 8 nitrogen and oxygen atoms in total. The summed E-state index contributed by atoms with van der Waals surface area (Å²) >= 11 is 5.94. The summed E-state index contributed by atoms with van der Waals surface area (Å²) < 4.78 is 23.9. The number of nitro benzene ring substituents is 1. The van der Waals surface area contributed by atoms with Gasteiger partial charge in [-0.2, -0.15) is 0 Å². The number of hydrogen-bond acceptors (Lipinski definition) is 6. The van der Waals surface area contributed by atoms with Crippen LogP contribution in [0.4, 0.5) is 11.4 Å². The van der Waals surface area contributed by atoms with Crippen molar-refractivity contribution < 1.29 is 18.1 Å². The van der Waals surface area contributed by atoms with Crippen molar-refractivity contribution in [3.8, 4) is 0 Å². The van der Waals surface area contributed by atoms with Crippen molar-refractivity contribution >= 4 is 38.7 Å². The van der Waals surface area contributed by atoms with Gasteiger partial charge in [0, 0.05) is 43.0 Å². The number of nitro groups is 1. The second-order valence-corrected chi connectivity index (χ2v) is 8.86. The highest BCUT2D eigenvalue weighted by atomic mass is 35.5. The molecule has 28 heavy (non-hydrogen) atoms. The average molecular weight is 424 g/mol. The first kappa shape index (κ1) is 20.1. The molecule has 0 atom stereocenters. The fourth-order valence-corrected chi connectivity index (χ4v) is 4.25. The largest absolute Gasteiger partial charge is 0.362 e. The van der Waals surface area contributed by atoms with Gasteiger partial charge < -0.3 is 9.80 Å². The van der Waals surface area contributed by atoms with E-state index < -0.39 is 20.4 Å². The number of nitrogens with zero attached hydrogens (tertiary/aromatic N) is 3. The zero-order chi connectivity index (χ0) is 20.5. The van der Waals surface area contributed by atoms with Crippen LogP contribution in [0.3, 0.4) is 0 Å². The second kappa shape index (κ2) is 7.76. The van der Waals surface area contributed by atoms with E-state index in [-0.39, 0.29) is 16.5 Å². The first-order valence-corrected chi connectivity index (χ1v) is 10.7. The van der Waals surface area contributed by atoms with Crippen molar-refractivity contribution in [3.05, 3.63) is 63.2 Å². The SMILES string of the molecule is CS(=O)(=O)c1cccc(N2CCN(C(=O)c3cccc(Cl)c3)CC2)c1[N+](=O)[O-]. The minimum atomic E-state index is -3.75. The first-order valence-electron chi connectivity index (χ1n) is 8.46. The van der Waals surface area contributed by atoms with Crippen LogP contribution in [0.2, 0.25) is 5.02 Å². The Bertz CT molecular complexity index is 1030. The molecule has 0 aromatic heterocycles. The van der Waals surface area contributed by atoms with Crippen LogP contribution in [-0.2, 0) is 9.84 Å². The molecule has 0 aliphatic carbocycles. The molecule has 3 rings (SSSR count). The van der Waals surface area contributed by atoms with E-state index >= 15 is 0 Å². The van der Waals surface area contributed by atoms with Crippen molar-refractivity contribution in [2.24, 2.45) is 0 Å².